The molecular formula is C10H11BrO4S. The number of rotatable bonds is 4. The zero-order chi connectivity index (χ0) is 12.3. The summed E-state index contributed by atoms with van der Waals surface area (Å²) < 4.78 is 27.6. The molecule has 0 saturated heterocycles. The second-order valence-electron chi connectivity index (χ2n) is 3.31. The second kappa shape index (κ2) is 4.97. The Kier molecular flexibility index (Phi) is 4.09. The Morgan fingerprint density at radius 2 is 2.06 bits per heavy atom. The molecule has 1 rings (SSSR count). The van der Waals surface area contributed by atoms with Gasteiger partial charge in [0.1, 0.15) is 11.5 Å². The van der Waals surface area contributed by atoms with Crippen molar-refractivity contribution in [3.8, 4) is 5.75 Å². The number of methoxy groups -OCH3 is 1. The van der Waals surface area contributed by atoms with Gasteiger partial charge in [-0.05, 0) is 28.1 Å². The van der Waals surface area contributed by atoms with Gasteiger partial charge in [0.05, 0.1) is 12.7 Å². The highest BCUT2D eigenvalue weighted by Gasteiger charge is 2.19. The number of hydrogen-bond donors (Lipinski definition) is 0. The van der Waals surface area contributed by atoms with E-state index in [0.717, 1.165) is 6.26 Å². The van der Waals surface area contributed by atoms with Gasteiger partial charge in [-0.2, -0.15) is 0 Å². The maximum absolute atomic E-state index is 11.8. The molecule has 1 aromatic rings. The summed E-state index contributed by atoms with van der Waals surface area (Å²) in [6.45, 7) is 0. The van der Waals surface area contributed by atoms with E-state index in [0.29, 0.717) is 10.2 Å². The lowest BCUT2D eigenvalue weighted by Gasteiger charge is -2.08. The van der Waals surface area contributed by atoms with Crippen molar-refractivity contribution in [2.24, 2.45) is 0 Å². The Bertz CT molecular complexity index is 508. The molecule has 0 amide bonds. The Morgan fingerprint density at radius 3 is 2.56 bits per heavy atom. The Hall–Kier alpha value is -0.880. The van der Waals surface area contributed by atoms with Crippen LogP contribution in [0.15, 0.2) is 22.7 Å². The SMILES string of the molecule is COc1cccc(Br)c1C(=O)CS(C)(=O)=O. The van der Waals surface area contributed by atoms with E-state index >= 15 is 0 Å². The summed E-state index contributed by atoms with van der Waals surface area (Å²) >= 11 is 3.20. The first-order chi connectivity index (χ1) is 7.35. The van der Waals surface area contributed by atoms with Gasteiger partial charge < -0.3 is 4.74 Å². The van der Waals surface area contributed by atoms with E-state index in [1.807, 2.05) is 0 Å². The first-order valence-electron chi connectivity index (χ1n) is 4.38. The minimum Gasteiger partial charge on any atom is -0.496 e. The van der Waals surface area contributed by atoms with Crippen LogP contribution in [0, 0.1) is 0 Å². The van der Waals surface area contributed by atoms with Gasteiger partial charge in [0.25, 0.3) is 0 Å². The number of ether oxygens (including phenoxy) is 1. The van der Waals surface area contributed by atoms with Gasteiger partial charge in [0.2, 0.25) is 0 Å². The van der Waals surface area contributed by atoms with Crippen LogP contribution in [0.1, 0.15) is 10.4 Å². The molecule has 0 saturated carbocycles. The number of halogens is 1. The van der Waals surface area contributed by atoms with Gasteiger partial charge in [0, 0.05) is 10.7 Å². The van der Waals surface area contributed by atoms with Crippen LogP contribution < -0.4 is 4.74 Å². The van der Waals surface area contributed by atoms with Gasteiger partial charge in [-0.1, -0.05) is 6.07 Å². The normalized spacial score (nSPS) is 11.2. The molecule has 4 nitrogen and oxygen atoms in total. The van der Waals surface area contributed by atoms with Crippen LogP contribution in [0.5, 0.6) is 5.75 Å². The van der Waals surface area contributed by atoms with Gasteiger partial charge >= 0.3 is 0 Å². The lowest BCUT2D eigenvalue weighted by Crippen LogP contribution is -2.15. The van der Waals surface area contributed by atoms with Crippen molar-refractivity contribution < 1.29 is 17.9 Å². The monoisotopic (exact) mass is 306 g/mol. The van der Waals surface area contributed by atoms with E-state index < -0.39 is 21.4 Å². The number of carbonyl (C=O) groups is 1. The number of ketones is 1. The molecule has 6 heteroatoms. The van der Waals surface area contributed by atoms with Crippen molar-refractivity contribution in [1.82, 2.24) is 0 Å². The largest absolute Gasteiger partial charge is 0.496 e. The third-order valence-corrected chi connectivity index (χ3v) is 3.31. The number of benzene rings is 1. The standard InChI is InChI=1S/C10H11BrO4S/c1-15-9-5-3-4-7(11)10(9)8(12)6-16(2,13)14/h3-5H,6H2,1-2H3. The Labute approximate surface area is 103 Å². The zero-order valence-electron chi connectivity index (χ0n) is 8.86. The van der Waals surface area contributed by atoms with Gasteiger partial charge in [-0.25, -0.2) is 8.42 Å². The fourth-order valence-corrected chi connectivity index (χ4v) is 2.45. The molecule has 0 heterocycles. The first-order valence-corrected chi connectivity index (χ1v) is 7.24. The summed E-state index contributed by atoms with van der Waals surface area (Å²) in [7, 11) is -1.91. The fourth-order valence-electron chi connectivity index (χ4n) is 1.26. The molecule has 1 aromatic carbocycles. The molecule has 0 aliphatic rings. The molecule has 16 heavy (non-hydrogen) atoms. The van der Waals surface area contributed by atoms with Crippen LogP contribution >= 0.6 is 15.9 Å². The van der Waals surface area contributed by atoms with Crippen LogP contribution in [0.3, 0.4) is 0 Å². The summed E-state index contributed by atoms with van der Waals surface area (Å²) in [5, 5.41) is 0. The summed E-state index contributed by atoms with van der Waals surface area (Å²) in [6.07, 6.45) is 1.02. The van der Waals surface area contributed by atoms with E-state index in [4.69, 9.17) is 4.74 Å². The lowest BCUT2D eigenvalue weighted by atomic mass is 10.1. The number of carbonyl (C=O) groups excluding carboxylic acids is 1. The molecule has 0 spiro atoms. The quantitative estimate of drug-likeness (QED) is 0.794. The highest BCUT2D eigenvalue weighted by atomic mass is 79.9. The molecule has 0 bridgehead atoms. The van der Waals surface area contributed by atoms with Crippen molar-refractivity contribution in [1.29, 1.82) is 0 Å². The molecule has 0 aliphatic heterocycles. The van der Waals surface area contributed by atoms with Gasteiger partial charge in [-0.3, -0.25) is 4.79 Å². The summed E-state index contributed by atoms with van der Waals surface area (Å²) in [6, 6.07) is 4.98. The van der Waals surface area contributed by atoms with Crippen molar-refractivity contribution in [2.45, 2.75) is 0 Å². The van der Waals surface area contributed by atoms with E-state index in [1.165, 1.54) is 7.11 Å². The van der Waals surface area contributed by atoms with Crippen LogP contribution in [0.25, 0.3) is 0 Å². The summed E-state index contributed by atoms with van der Waals surface area (Å²) in [5.74, 6) is -0.638. The molecule has 0 radical (unpaired) electrons. The van der Waals surface area contributed by atoms with Crippen LogP contribution in [0.2, 0.25) is 0 Å². The molecule has 0 aromatic heterocycles. The minimum absolute atomic E-state index is 0.260. The van der Waals surface area contributed by atoms with Gasteiger partial charge in [-0.15, -0.1) is 0 Å². The number of Topliss-reactive ketones (excluding diaryl/α,β-unsaturated/α-hetero) is 1. The van der Waals surface area contributed by atoms with Crippen molar-refractivity contribution in [3.05, 3.63) is 28.2 Å². The fraction of sp³-hybridized carbons (Fsp3) is 0.300. The predicted molar refractivity (Wildman–Crippen MR) is 64.7 cm³/mol. The topological polar surface area (TPSA) is 60.4 Å². The van der Waals surface area contributed by atoms with Crippen LogP contribution in [-0.4, -0.2) is 33.3 Å². The average molecular weight is 307 g/mol. The Balaban J connectivity index is 3.17. The summed E-state index contributed by atoms with van der Waals surface area (Å²) in [4.78, 5) is 11.8. The smallest absolute Gasteiger partial charge is 0.182 e. The van der Waals surface area contributed by atoms with Gasteiger partial charge in [0.15, 0.2) is 15.6 Å². The van der Waals surface area contributed by atoms with Crippen LogP contribution in [0.4, 0.5) is 0 Å². The number of hydrogen-bond acceptors (Lipinski definition) is 4. The second-order valence-corrected chi connectivity index (χ2v) is 6.30. The predicted octanol–water partition coefficient (Wildman–Crippen LogP) is 1.69. The van der Waals surface area contributed by atoms with E-state index in [-0.39, 0.29) is 5.56 Å². The molecular weight excluding hydrogens is 296 g/mol. The Morgan fingerprint density at radius 1 is 1.44 bits per heavy atom. The van der Waals surface area contributed by atoms with Crippen molar-refractivity contribution in [2.75, 3.05) is 19.1 Å². The molecule has 0 unspecified atom stereocenters. The molecule has 88 valence electrons. The van der Waals surface area contributed by atoms with Crippen molar-refractivity contribution >= 4 is 31.6 Å². The number of sulfone groups is 1. The average Bonchev–Trinajstić information content (AvgIpc) is 2.14. The van der Waals surface area contributed by atoms with Crippen LogP contribution in [-0.2, 0) is 9.84 Å². The van der Waals surface area contributed by atoms with E-state index in [9.17, 15) is 13.2 Å². The molecule has 0 N–H and O–H groups in total. The highest BCUT2D eigenvalue weighted by molar-refractivity contribution is 9.10. The maximum Gasteiger partial charge on any atom is 0.182 e. The third kappa shape index (κ3) is 3.31. The maximum atomic E-state index is 11.8. The molecule has 0 atom stereocenters. The van der Waals surface area contributed by atoms with E-state index in [2.05, 4.69) is 15.9 Å². The first kappa shape index (κ1) is 13.2. The minimum atomic E-state index is -3.34. The highest BCUT2D eigenvalue weighted by Crippen LogP contribution is 2.27. The van der Waals surface area contributed by atoms with E-state index in [1.54, 1.807) is 18.2 Å². The lowest BCUT2D eigenvalue weighted by molar-refractivity contribution is 0.101. The molecule has 0 aliphatic carbocycles. The third-order valence-electron chi connectivity index (χ3n) is 1.87. The molecule has 0 fully saturated rings. The zero-order valence-corrected chi connectivity index (χ0v) is 11.3. The van der Waals surface area contributed by atoms with Crippen molar-refractivity contribution in [3.63, 3.8) is 0 Å². The summed E-state index contributed by atoms with van der Waals surface area (Å²) in [5.41, 5.74) is 0.260.